The molecular formula is C16H20O2. The first kappa shape index (κ1) is 14.2. The SMILES string of the molecule is C=CC(=CCC(C)=O)C(C)(C)c1ccc(O)cc1. The highest BCUT2D eigenvalue weighted by Crippen LogP contribution is 2.33. The summed E-state index contributed by atoms with van der Waals surface area (Å²) in [7, 11) is 0. The Morgan fingerprint density at radius 2 is 1.89 bits per heavy atom. The topological polar surface area (TPSA) is 37.3 Å². The number of allylic oxidation sites excluding steroid dienone is 3. The third-order valence-electron chi connectivity index (χ3n) is 3.14. The van der Waals surface area contributed by atoms with Gasteiger partial charge in [-0.25, -0.2) is 0 Å². The molecule has 0 saturated heterocycles. The lowest BCUT2D eigenvalue weighted by atomic mass is 9.77. The van der Waals surface area contributed by atoms with Crippen molar-refractivity contribution in [3.63, 3.8) is 0 Å². The van der Waals surface area contributed by atoms with Crippen LogP contribution in [0.4, 0.5) is 0 Å². The summed E-state index contributed by atoms with van der Waals surface area (Å²) in [5.74, 6) is 0.387. The van der Waals surface area contributed by atoms with Crippen LogP contribution in [0.25, 0.3) is 0 Å². The van der Waals surface area contributed by atoms with E-state index in [1.807, 2.05) is 18.2 Å². The summed E-state index contributed by atoms with van der Waals surface area (Å²) < 4.78 is 0. The molecule has 0 spiro atoms. The summed E-state index contributed by atoms with van der Waals surface area (Å²) in [6, 6.07) is 7.12. The maximum atomic E-state index is 11.1. The number of carbonyl (C=O) groups is 1. The quantitative estimate of drug-likeness (QED) is 0.801. The van der Waals surface area contributed by atoms with Crippen molar-refractivity contribution in [3.8, 4) is 5.75 Å². The van der Waals surface area contributed by atoms with E-state index >= 15 is 0 Å². The van der Waals surface area contributed by atoms with Crippen LogP contribution >= 0.6 is 0 Å². The Morgan fingerprint density at radius 1 is 1.33 bits per heavy atom. The van der Waals surface area contributed by atoms with E-state index in [9.17, 15) is 9.90 Å². The molecule has 0 heterocycles. The molecule has 0 amide bonds. The van der Waals surface area contributed by atoms with Crippen LogP contribution < -0.4 is 0 Å². The van der Waals surface area contributed by atoms with Gasteiger partial charge in [0.1, 0.15) is 11.5 Å². The molecule has 0 radical (unpaired) electrons. The first-order valence-electron chi connectivity index (χ1n) is 6.00. The molecule has 0 aliphatic carbocycles. The average molecular weight is 244 g/mol. The zero-order valence-electron chi connectivity index (χ0n) is 11.2. The predicted octanol–water partition coefficient (Wildman–Crippen LogP) is 3.76. The minimum Gasteiger partial charge on any atom is -0.508 e. The van der Waals surface area contributed by atoms with Gasteiger partial charge in [0.25, 0.3) is 0 Å². The third-order valence-corrected chi connectivity index (χ3v) is 3.14. The van der Waals surface area contributed by atoms with Gasteiger partial charge in [-0.15, -0.1) is 0 Å². The number of benzene rings is 1. The van der Waals surface area contributed by atoms with Gasteiger partial charge in [-0.05, 0) is 30.2 Å². The lowest BCUT2D eigenvalue weighted by Gasteiger charge is -2.27. The Kier molecular flexibility index (Phi) is 4.49. The molecule has 2 nitrogen and oxygen atoms in total. The number of rotatable bonds is 5. The fourth-order valence-corrected chi connectivity index (χ4v) is 1.89. The summed E-state index contributed by atoms with van der Waals surface area (Å²) in [6.45, 7) is 9.55. The lowest BCUT2D eigenvalue weighted by molar-refractivity contribution is -0.116. The standard InChI is InChI=1S/C16H20O2/c1-5-13(7-6-12(2)17)16(3,4)14-8-10-15(18)11-9-14/h5,7-11,18H,1,6H2,2-4H3. The van der Waals surface area contributed by atoms with Gasteiger partial charge in [0, 0.05) is 11.8 Å². The largest absolute Gasteiger partial charge is 0.508 e. The fourth-order valence-electron chi connectivity index (χ4n) is 1.89. The zero-order valence-corrected chi connectivity index (χ0v) is 11.2. The number of ketones is 1. The van der Waals surface area contributed by atoms with Crippen LogP contribution in [0.2, 0.25) is 0 Å². The second-order valence-corrected chi connectivity index (χ2v) is 4.94. The second kappa shape index (κ2) is 5.67. The van der Waals surface area contributed by atoms with E-state index in [1.54, 1.807) is 25.1 Å². The fraction of sp³-hybridized carbons (Fsp3) is 0.312. The highest BCUT2D eigenvalue weighted by molar-refractivity contribution is 5.77. The van der Waals surface area contributed by atoms with E-state index in [2.05, 4.69) is 20.4 Å². The molecule has 0 unspecified atom stereocenters. The number of phenols is 1. The van der Waals surface area contributed by atoms with Crippen molar-refractivity contribution < 1.29 is 9.90 Å². The van der Waals surface area contributed by atoms with Crippen LogP contribution in [0.15, 0.2) is 48.6 Å². The van der Waals surface area contributed by atoms with Gasteiger partial charge in [-0.2, -0.15) is 0 Å². The molecule has 18 heavy (non-hydrogen) atoms. The molecule has 1 aromatic carbocycles. The van der Waals surface area contributed by atoms with E-state index in [-0.39, 0.29) is 16.9 Å². The monoisotopic (exact) mass is 244 g/mol. The van der Waals surface area contributed by atoms with Crippen molar-refractivity contribution in [1.29, 1.82) is 0 Å². The van der Waals surface area contributed by atoms with Crippen LogP contribution in [0.3, 0.4) is 0 Å². The van der Waals surface area contributed by atoms with Crippen LogP contribution in [-0.2, 0) is 10.2 Å². The summed E-state index contributed by atoms with van der Waals surface area (Å²) in [5, 5.41) is 9.31. The molecule has 96 valence electrons. The van der Waals surface area contributed by atoms with Gasteiger partial charge in [-0.1, -0.05) is 44.7 Å². The van der Waals surface area contributed by atoms with Crippen molar-refractivity contribution in [2.45, 2.75) is 32.6 Å². The maximum Gasteiger partial charge on any atom is 0.133 e. The van der Waals surface area contributed by atoms with Crippen LogP contribution in [0.1, 0.15) is 32.8 Å². The average Bonchev–Trinajstić information content (AvgIpc) is 2.29. The minimum atomic E-state index is -0.231. The Hall–Kier alpha value is -1.83. The summed E-state index contributed by atoms with van der Waals surface area (Å²) in [4.78, 5) is 11.1. The van der Waals surface area contributed by atoms with E-state index in [0.717, 1.165) is 11.1 Å². The zero-order chi connectivity index (χ0) is 13.8. The van der Waals surface area contributed by atoms with Crippen LogP contribution in [0.5, 0.6) is 5.75 Å². The van der Waals surface area contributed by atoms with Gasteiger partial charge >= 0.3 is 0 Å². The van der Waals surface area contributed by atoms with Crippen LogP contribution in [0, 0.1) is 0 Å². The Balaban J connectivity index is 3.09. The molecule has 0 atom stereocenters. The number of aromatic hydroxyl groups is 1. The molecule has 0 aliphatic rings. The predicted molar refractivity (Wildman–Crippen MR) is 74.7 cm³/mol. The summed E-state index contributed by atoms with van der Waals surface area (Å²) >= 11 is 0. The van der Waals surface area contributed by atoms with Gasteiger partial charge < -0.3 is 5.11 Å². The number of Topliss-reactive ketones (excluding diaryl/α,β-unsaturated/α-hetero) is 1. The van der Waals surface area contributed by atoms with Crippen molar-refractivity contribution in [2.24, 2.45) is 0 Å². The van der Waals surface area contributed by atoms with E-state index < -0.39 is 0 Å². The molecular weight excluding hydrogens is 224 g/mol. The molecule has 2 heteroatoms. The minimum absolute atomic E-state index is 0.135. The van der Waals surface area contributed by atoms with Gasteiger partial charge in [0.15, 0.2) is 0 Å². The van der Waals surface area contributed by atoms with Gasteiger partial charge in [-0.3, -0.25) is 4.79 Å². The van der Waals surface area contributed by atoms with E-state index in [0.29, 0.717) is 6.42 Å². The van der Waals surface area contributed by atoms with Gasteiger partial charge in [0.2, 0.25) is 0 Å². The Labute approximate surface area is 109 Å². The van der Waals surface area contributed by atoms with Crippen molar-refractivity contribution in [3.05, 3.63) is 54.1 Å². The molecule has 1 rings (SSSR count). The first-order chi connectivity index (χ1) is 8.37. The van der Waals surface area contributed by atoms with Crippen molar-refractivity contribution in [2.75, 3.05) is 0 Å². The van der Waals surface area contributed by atoms with Crippen LogP contribution in [-0.4, -0.2) is 10.9 Å². The van der Waals surface area contributed by atoms with Gasteiger partial charge in [0.05, 0.1) is 0 Å². The van der Waals surface area contributed by atoms with Crippen molar-refractivity contribution >= 4 is 5.78 Å². The van der Waals surface area contributed by atoms with Crippen molar-refractivity contribution in [1.82, 2.24) is 0 Å². The molecule has 0 bridgehead atoms. The lowest BCUT2D eigenvalue weighted by Crippen LogP contribution is -2.19. The highest BCUT2D eigenvalue weighted by Gasteiger charge is 2.23. The third kappa shape index (κ3) is 3.33. The molecule has 1 aromatic rings. The molecule has 0 fully saturated rings. The smallest absolute Gasteiger partial charge is 0.133 e. The van der Waals surface area contributed by atoms with E-state index in [1.165, 1.54) is 0 Å². The number of carbonyl (C=O) groups excluding carboxylic acids is 1. The normalized spacial score (nSPS) is 12.3. The van der Waals surface area contributed by atoms with E-state index in [4.69, 9.17) is 0 Å². The number of hydrogen-bond acceptors (Lipinski definition) is 2. The highest BCUT2D eigenvalue weighted by atomic mass is 16.3. The number of phenolic OH excluding ortho intramolecular Hbond substituents is 1. The number of hydrogen-bond donors (Lipinski definition) is 1. The molecule has 0 aliphatic heterocycles. The molecule has 0 saturated carbocycles. The second-order valence-electron chi connectivity index (χ2n) is 4.94. The Bertz CT molecular complexity index is 464. The first-order valence-corrected chi connectivity index (χ1v) is 6.00. The molecule has 1 N–H and O–H groups in total. The maximum absolute atomic E-state index is 11.1. The summed E-state index contributed by atoms with van der Waals surface area (Å²) in [5.41, 5.74) is 1.86. The summed E-state index contributed by atoms with van der Waals surface area (Å²) in [6.07, 6.45) is 4.13. The molecule has 0 aromatic heterocycles. The Morgan fingerprint density at radius 3 is 2.33 bits per heavy atom.